The first-order valence-corrected chi connectivity index (χ1v) is 13.4. The summed E-state index contributed by atoms with van der Waals surface area (Å²) in [6.45, 7) is -0.474. The van der Waals surface area contributed by atoms with Crippen LogP contribution in [0, 0.1) is 5.82 Å². The second-order valence-electron chi connectivity index (χ2n) is 9.11. The highest BCUT2D eigenvalue weighted by atomic mass is 32.2. The Kier molecular flexibility index (Phi) is 7.37. The molecule has 1 N–H and O–H groups in total. The van der Waals surface area contributed by atoms with Crippen molar-refractivity contribution in [1.29, 1.82) is 0 Å². The first-order chi connectivity index (χ1) is 19.0. The molecule has 15 heteroatoms. The van der Waals surface area contributed by atoms with Gasteiger partial charge in [-0.25, -0.2) is 14.4 Å². The molecule has 0 saturated carbocycles. The van der Waals surface area contributed by atoms with Crippen LogP contribution in [-0.2, 0) is 25.9 Å². The number of halogens is 4. The zero-order valence-corrected chi connectivity index (χ0v) is 21.7. The summed E-state index contributed by atoms with van der Waals surface area (Å²) >= 11 is 0. The molecule has 2 saturated heterocycles. The molecule has 0 bridgehead atoms. The minimum absolute atomic E-state index is 0.0157. The van der Waals surface area contributed by atoms with E-state index in [0.717, 1.165) is 18.2 Å². The number of carbonyl (C=O) groups is 1. The maximum atomic E-state index is 15.4. The summed E-state index contributed by atoms with van der Waals surface area (Å²) in [5, 5.41) is 0. The Morgan fingerprint density at radius 2 is 1.98 bits per heavy atom. The van der Waals surface area contributed by atoms with Crippen LogP contribution in [-0.4, -0.2) is 67.6 Å². The topological polar surface area (TPSA) is 114 Å². The van der Waals surface area contributed by atoms with Crippen LogP contribution in [0.2, 0.25) is 0 Å². The molecule has 2 aliphatic heterocycles. The largest absolute Gasteiger partial charge is 0.495 e. The van der Waals surface area contributed by atoms with Gasteiger partial charge in [0, 0.05) is 30.9 Å². The number of fused-ring (bicyclic) bond motifs is 1. The van der Waals surface area contributed by atoms with Gasteiger partial charge in [0.1, 0.15) is 30.3 Å². The van der Waals surface area contributed by atoms with E-state index in [1.54, 1.807) is 0 Å². The van der Waals surface area contributed by atoms with E-state index in [9.17, 15) is 26.4 Å². The Morgan fingerprint density at radius 3 is 2.67 bits per heavy atom. The average molecular weight is 582 g/mol. The van der Waals surface area contributed by atoms with Gasteiger partial charge in [-0.3, -0.25) is 9.52 Å². The third kappa shape index (κ3) is 5.44. The van der Waals surface area contributed by atoms with Gasteiger partial charge in [-0.2, -0.15) is 25.9 Å². The number of piperidine rings is 1. The summed E-state index contributed by atoms with van der Waals surface area (Å²) < 4.78 is 95.6. The van der Waals surface area contributed by atoms with E-state index in [1.807, 2.05) is 0 Å². The van der Waals surface area contributed by atoms with Gasteiger partial charge >= 0.3 is 16.4 Å². The Bertz CT molecular complexity index is 1520. The zero-order valence-electron chi connectivity index (χ0n) is 20.9. The predicted octanol–water partition coefficient (Wildman–Crippen LogP) is 3.47. The summed E-state index contributed by atoms with van der Waals surface area (Å²) in [5.74, 6) is -1.22. The highest BCUT2D eigenvalue weighted by Crippen LogP contribution is 2.41. The van der Waals surface area contributed by atoms with Gasteiger partial charge in [-0.1, -0.05) is 12.1 Å². The van der Waals surface area contributed by atoms with Crippen LogP contribution in [0.4, 0.5) is 29.1 Å². The fourth-order valence-corrected chi connectivity index (χ4v) is 6.03. The van der Waals surface area contributed by atoms with Crippen LogP contribution in [0.15, 0.2) is 55.0 Å². The van der Waals surface area contributed by atoms with Crippen LogP contribution in [0.1, 0.15) is 12.0 Å². The SMILES string of the molecule is COc1cc(-c2cccc(C(F)(F)F)c2)c(F)cc1N1C(=O)CO[C@H]2CN(S(=O)(=O)Nc3ccncn3)CC[C@@H]21. The Labute approximate surface area is 226 Å². The van der Waals surface area contributed by atoms with Crippen LogP contribution in [0.25, 0.3) is 11.1 Å². The smallest absolute Gasteiger partial charge is 0.416 e. The molecule has 2 aromatic carbocycles. The quantitative estimate of drug-likeness (QED) is 0.444. The second-order valence-corrected chi connectivity index (χ2v) is 10.8. The van der Waals surface area contributed by atoms with Crippen molar-refractivity contribution in [3.8, 4) is 16.9 Å². The number of rotatable bonds is 6. The summed E-state index contributed by atoms with van der Waals surface area (Å²) in [6.07, 6.45) is -2.62. The van der Waals surface area contributed by atoms with Crippen molar-refractivity contribution in [2.75, 3.05) is 36.4 Å². The molecular weight excluding hydrogens is 558 g/mol. The summed E-state index contributed by atoms with van der Waals surface area (Å²) in [4.78, 5) is 21.9. The number of methoxy groups -OCH3 is 1. The molecule has 40 heavy (non-hydrogen) atoms. The van der Waals surface area contributed by atoms with Crippen LogP contribution >= 0.6 is 0 Å². The van der Waals surface area contributed by atoms with Crippen LogP contribution in [0.3, 0.4) is 0 Å². The third-order valence-corrected chi connectivity index (χ3v) is 8.17. The number of nitrogens with zero attached hydrogens (tertiary/aromatic N) is 4. The van der Waals surface area contributed by atoms with E-state index >= 15 is 4.39 Å². The first kappa shape index (κ1) is 27.7. The number of hydrogen-bond donors (Lipinski definition) is 1. The Morgan fingerprint density at radius 1 is 1.18 bits per heavy atom. The van der Waals surface area contributed by atoms with E-state index < -0.39 is 52.4 Å². The molecule has 1 amide bonds. The van der Waals surface area contributed by atoms with Gasteiger partial charge in [0.05, 0.1) is 30.5 Å². The third-order valence-electron chi connectivity index (χ3n) is 6.69. The van der Waals surface area contributed by atoms with Gasteiger partial charge in [0.2, 0.25) is 0 Å². The maximum Gasteiger partial charge on any atom is 0.416 e. The molecular formula is C25H23F4N5O5S. The van der Waals surface area contributed by atoms with Crippen molar-refractivity contribution in [3.05, 3.63) is 66.4 Å². The number of ether oxygens (including phenoxy) is 2. The fraction of sp³-hybridized carbons (Fsp3) is 0.320. The summed E-state index contributed by atoms with van der Waals surface area (Å²) in [6, 6.07) is 7.25. The number of amides is 1. The van der Waals surface area contributed by atoms with Crippen molar-refractivity contribution in [2.24, 2.45) is 0 Å². The monoisotopic (exact) mass is 581 g/mol. The molecule has 2 atom stereocenters. The molecule has 3 aromatic rings. The van der Waals surface area contributed by atoms with E-state index in [-0.39, 0.29) is 47.9 Å². The van der Waals surface area contributed by atoms with E-state index in [1.165, 1.54) is 53.1 Å². The maximum absolute atomic E-state index is 15.4. The highest BCUT2D eigenvalue weighted by molar-refractivity contribution is 7.90. The lowest BCUT2D eigenvalue weighted by Gasteiger charge is -2.46. The minimum atomic E-state index is -4.61. The average Bonchev–Trinajstić information content (AvgIpc) is 2.92. The first-order valence-electron chi connectivity index (χ1n) is 12.0. The lowest BCUT2D eigenvalue weighted by Crippen LogP contribution is -2.62. The van der Waals surface area contributed by atoms with E-state index in [4.69, 9.17) is 9.47 Å². The number of anilines is 2. The normalized spacial score (nSPS) is 20.2. The van der Waals surface area contributed by atoms with Crippen molar-refractivity contribution >= 4 is 27.6 Å². The molecule has 3 heterocycles. The van der Waals surface area contributed by atoms with Crippen LogP contribution < -0.4 is 14.4 Å². The highest BCUT2D eigenvalue weighted by Gasteiger charge is 2.44. The number of carbonyl (C=O) groups excluding carboxylic acids is 1. The molecule has 10 nitrogen and oxygen atoms in total. The number of hydrogen-bond acceptors (Lipinski definition) is 7. The zero-order chi connectivity index (χ0) is 28.7. The Hall–Kier alpha value is -3.82. The molecule has 0 radical (unpaired) electrons. The lowest BCUT2D eigenvalue weighted by molar-refractivity contribution is -0.137. The predicted molar refractivity (Wildman–Crippen MR) is 135 cm³/mol. The van der Waals surface area contributed by atoms with E-state index in [0.29, 0.717) is 0 Å². The molecule has 0 spiro atoms. The van der Waals surface area contributed by atoms with Gasteiger partial charge in [-0.05, 0) is 36.2 Å². The number of benzene rings is 2. The Balaban J connectivity index is 1.43. The van der Waals surface area contributed by atoms with Crippen LogP contribution in [0.5, 0.6) is 5.75 Å². The second kappa shape index (κ2) is 10.6. The number of nitrogens with one attached hydrogen (secondary N) is 1. The molecule has 0 unspecified atom stereocenters. The van der Waals surface area contributed by atoms with Gasteiger partial charge in [-0.15, -0.1) is 0 Å². The summed E-state index contributed by atoms with van der Waals surface area (Å²) in [7, 11) is -2.71. The lowest BCUT2D eigenvalue weighted by atomic mass is 9.97. The summed E-state index contributed by atoms with van der Waals surface area (Å²) in [5.41, 5.74) is -1.03. The molecule has 212 valence electrons. The van der Waals surface area contributed by atoms with Crippen molar-refractivity contribution in [1.82, 2.24) is 14.3 Å². The fourth-order valence-electron chi connectivity index (χ4n) is 4.83. The van der Waals surface area contributed by atoms with Crippen molar-refractivity contribution in [3.63, 3.8) is 0 Å². The number of morpholine rings is 1. The number of aromatic nitrogens is 2. The van der Waals surface area contributed by atoms with Gasteiger partial charge < -0.3 is 14.4 Å². The standard InChI is InChI=1S/C25H23F4N5O5S/c1-38-21-10-17(15-3-2-4-16(9-15)25(27,28)29)18(26)11-20(21)34-19-6-8-33(12-22(19)39-13-24(34)35)40(36,37)32-23-5-7-30-14-31-23/h2-5,7,9-11,14,19,22H,6,8,12-13H2,1H3,(H,30,31,32)/t19-,22-/m0/s1. The van der Waals surface area contributed by atoms with E-state index in [2.05, 4.69) is 14.7 Å². The van der Waals surface area contributed by atoms with Crippen molar-refractivity contribution < 1.29 is 40.2 Å². The molecule has 2 aliphatic rings. The molecule has 1 aromatic heterocycles. The molecule has 0 aliphatic carbocycles. The number of alkyl halides is 3. The minimum Gasteiger partial charge on any atom is -0.495 e. The van der Waals surface area contributed by atoms with Gasteiger partial charge in [0.25, 0.3) is 5.91 Å². The van der Waals surface area contributed by atoms with Gasteiger partial charge in [0.15, 0.2) is 0 Å². The molecule has 5 rings (SSSR count). The van der Waals surface area contributed by atoms with Crippen molar-refractivity contribution in [2.45, 2.75) is 24.7 Å². The molecule has 2 fully saturated rings.